The Hall–Kier alpha value is -1.26. The van der Waals surface area contributed by atoms with Crippen molar-refractivity contribution in [3.05, 3.63) is 0 Å². The molecule has 1 aliphatic carbocycles. The van der Waals surface area contributed by atoms with Crippen LogP contribution in [-0.4, -0.2) is 53.1 Å². The molecular formula is C16H28N2O3. The SMILES string of the molecule is CC1CCCC(N(C)C(=O)N2CCC(C)(C(=O)O)CC2)C1. The summed E-state index contributed by atoms with van der Waals surface area (Å²) >= 11 is 0. The van der Waals surface area contributed by atoms with Crippen molar-refractivity contribution in [2.24, 2.45) is 11.3 Å². The number of amides is 2. The number of urea groups is 1. The largest absolute Gasteiger partial charge is 0.481 e. The van der Waals surface area contributed by atoms with Crippen LogP contribution < -0.4 is 0 Å². The summed E-state index contributed by atoms with van der Waals surface area (Å²) in [5.74, 6) is -0.0558. The van der Waals surface area contributed by atoms with Crippen molar-refractivity contribution < 1.29 is 14.7 Å². The molecule has 2 amide bonds. The van der Waals surface area contributed by atoms with Gasteiger partial charge in [0.1, 0.15) is 0 Å². The first-order chi connectivity index (χ1) is 9.83. The van der Waals surface area contributed by atoms with Crippen LogP contribution >= 0.6 is 0 Å². The molecule has 5 nitrogen and oxygen atoms in total. The Morgan fingerprint density at radius 2 is 1.86 bits per heavy atom. The van der Waals surface area contributed by atoms with E-state index in [1.807, 2.05) is 16.8 Å². The quantitative estimate of drug-likeness (QED) is 0.852. The maximum Gasteiger partial charge on any atom is 0.319 e. The van der Waals surface area contributed by atoms with Crippen molar-refractivity contribution >= 4 is 12.0 Å². The number of hydrogen-bond donors (Lipinski definition) is 1. The number of nitrogens with zero attached hydrogens (tertiary/aromatic N) is 2. The molecule has 1 heterocycles. The molecule has 2 unspecified atom stereocenters. The Balaban J connectivity index is 1.91. The van der Waals surface area contributed by atoms with Crippen molar-refractivity contribution in [1.29, 1.82) is 0 Å². The molecule has 2 aliphatic rings. The van der Waals surface area contributed by atoms with Crippen LogP contribution in [-0.2, 0) is 4.79 Å². The van der Waals surface area contributed by atoms with Crippen LogP contribution in [0.15, 0.2) is 0 Å². The van der Waals surface area contributed by atoms with Gasteiger partial charge in [0.05, 0.1) is 5.41 Å². The zero-order valence-electron chi connectivity index (χ0n) is 13.5. The molecule has 0 aromatic carbocycles. The summed E-state index contributed by atoms with van der Waals surface area (Å²) in [5.41, 5.74) is -0.672. The molecule has 0 aromatic rings. The number of carbonyl (C=O) groups excluding carboxylic acids is 1. The topological polar surface area (TPSA) is 60.9 Å². The van der Waals surface area contributed by atoms with Gasteiger partial charge in [-0.25, -0.2) is 4.79 Å². The molecule has 0 spiro atoms. The second kappa shape index (κ2) is 6.24. The molecule has 2 rings (SSSR count). The maximum atomic E-state index is 12.6. The molecule has 1 aliphatic heterocycles. The highest BCUT2D eigenvalue weighted by molar-refractivity contribution is 5.77. The fourth-order valence-electron chi connectivity index (χ4n) is 3.54. The Morgan fingerprint density at radius 3 is 2.38 bits per heavy atom. The average Bonchev–Trinajstić information content (AvgIpc) is 2.46. The number of carbonyl (C=O) groups is 2. The Kier molecular flexibility index (Phi) is 4.79. The molecule has 0 radical (unpaired) electrons. The predicted molar refractivity (Wildman–Crippen MR) is 81.1 cm³/mol. The van der Waals surface area contributed by atoms with Gasteiger partial charge in [-0.15, -0.1) is 0 Å². The van der Waals surface area contributed by atoms with Crippen molar-refractivity contribution in [3.63, 3.8) is 0 Å². The van der Waals surface area contributed by atoms with Crippen LogP contribution in [0.2, 0.25) is 0 Å². The van der Waals surface area contributed by atoms with E-state index in [0.29, 0.717) is 37.9 Å². The van der Waals surface area contributed by atoms with Gasteiger partial charge in [-0.2, -0.15) is 0 Å². The highest BCUT2D eigenvalue weighted by Gasteiger charge is 2.39. The van der Waals surface area contributed by atoms with Gasteiger partial charge in [-0.05, 0) is 38.5 Å². The molecular weight excluding hydrogens is 268 g/mol. The standard InChI is InChI=1S/C16H28N2O3/c1-12-5-4-6-13(11-12)17(3)15(21)18-9-7-16(2,8-10-18)14(19)20/h12-13H,4-11H2,1-3H3,(H,19,20). The molecule has 21 heavy (non-hydrogen) atoms. The maximum absolute atomic E-state index is 12.6. The molecule has 120 valence electrons. The third kappa shape index (κ3) is 3.50. The van der Waals surface area contributed by atoms with E-state index >= 15 is 0 Å². The zero-order valence-corrected chi connectivity index (χ0v) is 13.5. The molecule has 0 bridgehead atoms. The number of carboxylic acid groups (broad SMARTS) is 1. The van der Waals surface area contributed by atoms with E-state index in [1.54, 1.807) is 6.92 Å². The molecule has 1 saturated heterocycles. The number of rotatable bonds is 2. The number of likely N-dealkylation sites (tertiary alicyclic amines) is 1. The van der Waals surface area contributed by atoms with Crippen LogP contribution in [0.4, 0.5) is 4.79 Å². The highest BCUT2D eigenvalue weighted by Crippen LogP contribution is 2.32. The van der Waals surface area contributed by atoms with Gasteiger partial charge in [0, 0.05) is 26.2 Å². The number of carboxylic acids is 1. The molecule has 1 N–H and O–H groups in total. The summed E-state index contributed by atoms with van der Waals surface area (Å²) in [6.45, 7) is 5.13. The van der Waals surface area contributed by atoms with E-state index in [2.05, 4.69) is 6.92 Å². The fraction of sp³-hybridized carbons (Fsp3) is 0.875. The third-order valence-electron chi connectivity index (χ3n) is 5.41. The van der Waals surface area contributed by atoms with Crippen molar-refractivity contribution in [3.8, 4) is 0 Å². The van der Waals surface area contributed by atoms with Gasteiger partial charge in [0.2, 0.25) is 0 Å². The van der Waals surface area contributed by atoms with Crippen LogP contribution in [0.25, 0.3) is 0 Å². The first-order valence-electron chi connectivity index (χ1n) is 8.08. The smallest absolute Gasteiger partial charge is 0.319 e. The fourth-order valence-corrected chi connectivity index (χ4v) is 3.54. The lowest BCUT2D eigenvalue weighted by Crippen LogP contribution is -2.52. The summed E-state index contributed by atoms with van der Waals surface area (Å²) in [5, 5.41) is 9.25. The second-order valence-electron chi connectivity index (χ2n) is 7.17. The van der Waals surface area contributed by atoms with Gasteiger partial charge in [-0.1, -0.05) is 19.8 Å². The van der Waals surface area contributed by atoms with E-state index in [4.69, 9.17) is 0 Å². The van der Waals surface area contributed by atoms with Crippen LogP contribution in [0.5, 0.6) is 0 Å². The zero-order chi connectivity index (χ0) is 15.6. The third-order valence-corrected chi connectivity index (χ3v) is 5.41. The minimum Gasteiger partial charge on any atom is -0.481 e. The highest BCUT2D eigenvalue weighted by atomic mass is 16.4. The lowest BCUT2D eigenvalue weighted by Gasteiger charge is -2.41. The minimum atomic E-state index is -0.746. The lowest BCUT2D eigenvalue weighted by atomic mass is 9.80. The molecule has 2 fully saturated rings. The summed E-state index contributed by atoms with van der Waals surface area (Å²) < 4.78 is 0. The van der Waals surface area contributed by atoms with Crippen LogP contribution in [0, 0.1) is 11.3 Å². The predicted octanol–water partition coefficient (Wildman–Crippen LogP) is 2.80. The normalized spacial score (nSPS) is 29.0. The second-order valence-corrected chi connectivity index (χ2v) is 7.17. The van der Waals surface area contributed by atoms with E-state index in [9.17, 15) is 14.7 Å². The van der Waals surface area contributed by atoms with Gasteiger partial charge in [-0.3, -0.25) is 4.79 Å². The molecule has 0 aromatic heterocycles. The Labute approximate surface area is 127 Å². The van der Waals surface area contributed by atoms with Crippen molar-refractivity contribution in [2.45, 2.75) is 58.4 Å². The molecule has 5 heteroatoms. The Bertz CT molecular complexity index is 402. The first-order valence-corrected chi connectivity index (χ1v) is 8.08. The summed E-state index contributed by atoms with van der Waals surface area (Å²) in [6, 6.07) is 0.413. The summed E-state index contributed by atoms with van der Waals surface area (Å²) in [4.78, 5) is 27.6. The van der Waals surface area contributed by atoms with Crippen molar-refractivity contribution in [1.82, 2.24) is 9.80 Å². The van der Waals surface area contributed by atoms with E-state index < -0.39 is 11.4 Å². The minimum absolute atomic E-state index is 0.0709. The van der Waals surface area contributed by atoms with Gasteiger partial charge < -0.3 is 14.9 Å². The van der Waals surface area contributed by atoms with Crippen LogP contribution in [0.1, 0.15) is 52.4 Å². The van der Waals surface area contributed by atoms with Gasteiger partial charge in [0.15, 0.2) is 0 Å². The Morgan fingerprint density at radius 1 is 1.24 bits per heavy atom. The van der Waals surface area contributed by atoms with Crippen molar-refractivity contribution in [2.75, 3.05) is 20.1 Å². The molecule has 2 atom stereocenters. The number of aliphatic carboxylic acids is 1. The van der Waals surface area contributed by atoms with E-state index in [0.717, 1.165) is 12.8 Å². The monoisotopic (exact) mass is 296 g/mol. The van der Waals surface area contributed by atoms with Crippen LogP contribution in [0.3, 0.4) is 0 Å². The average molecular weight is 296 g/mol. The summed E-state index contributed by atoms with van der Waals surface area (Å²) in [6.07, 6.45) is 5.72. The van der Waals surface area contributed by atoms with E-state index in [-0.39, 0.29) is 6.03 Å². The lowest BCUT2D eigenvalue weighted by molar-refractivity contribution is -0.150. The van der Waals surface area contributed by atoms with E-state index in [1.165, 1.54) is 12.8 Å². The van der Waals surface area contributed by atoms with Gasteiger partial charge in [0.25, 0.3) is 0 Å². The van der Waals surface area contributed by atoms with Gasteiger partial charge >= 0.3 is 12.0 Å². The number of piperidine rings is 1. The number of hydrogen-bond acceptors (Lipinski definition) is 2. The first kappa shape index (κ1) is 16.1. The molecule has 1 saturated carbocycles. The summed E-state index contributed by atoms with van der Waals surface area (Å²) in [7, 11) is 1.90.